The van der Waals surface area contributed by atoms with Gasteiger partial charge in [0.15, 0.2) is 11.8 Å². The van der Waals surface area contributed by atoms with Gasteiger partial charge in [-0.3, -0.25) is 4.68 Å². The molecule has 0 aromatic carbocycles. The van der Waals surface area contributed by atoms with E-state index < -0.39 is 0 Å². The van der Waals surface area contributed by atoms with Gasteiger partial charge in [-0.15, -0.1) is 0 Å². The van der Waals surface area contributed by atoms with E-state index in [2.05, 4.69) is 34.6 Å². The molecule has 0 amide bonds. The van der Waals surface area contributed by atoms with E-state index in [0.717, 1.165) is 25.7 Å². The van der Waals surface area contributed by atoms with Crippen LogP contribution in [0.3, 0.4) is 0 Å². The van der Waals surface area contributed by atoms with Crippen molar-refractivity contribution in [3.05, 3.63) is 5.84 Å². The zero-order chi connectivity index (χ0) is 15.7. The first-order valence-corrected chi connectivity index (χ1v) is 7.85. The molecule has 0 saturated heterocycles. The number of nitrogens with two attached hydrogens (primary N) is 2. The molecule has 1 rings (SSSR count). The van der Waals surface area contributed by atoms with Gasteiger partial charge in [0.2, 0.25) is 0 Å². The molecule has 4 heteroatoms. The van der Waals surface area contributed by atoms with E-state index in [0.29, 0.717) is 0 Å². The van der Waals surface area contributed by atoms with Crippen LogP contribution >= 0.6 is 0 Å². The van der Waals surface area contributed by atoms with Crippen molar-refractivity contribution in [3.8, 4) is 0 Å². The summed E-state index contributed by atoms with van der Waals surface area (Å²) in [6.07, 6.45) is 3.95. The molecule has 5 N–H and O–H groups in total. The fourth-order valence-electron chi connectivity index (χ4n) is 4.00. The van der Waals surface area contributed by atoms with E-state index in [1.807, 2.05) is 6.92 Å². The van der Waals surface area contributed by atoms with Crippen LogP contribution < -0.4 is 11.5 Å². The van der Waals surface area contributed by atoms with E-state index in [9.17, 15) is 0 Å². The molecule has 1 aliphatic heterocycles. The third-order valence-corrected chi connectivity index (χ3v) is 4.62. The second-order valence-electron chi connectivity index (χ2n) is 8.11. The summed E-state index contributed by atoms with van der Waals surface area (Å²) >= 11 is 0. The molecule has 3 unspecified atom stereocenters. The van der Waals surface area contributed by atoms with Gasteiger partial charge < -0.3 is 17.3 Å². The molecule has 0 aliphatic carbocycles. The SMILES string of the molecule is CC(N)CC(C)(C)C1=[N+]([NH-])C(C(C)(C)CC(C)N)CC1. The van der Waals surface area contributed by atoms with Crippen LogP contribution in [0.5, 0.6) is 0 Å². The minimum atomic E-state index is 0.00901. The van der Waals surface area contributed by atoms with Gasteiger partial charge in [-0.1, -0.05) is 27.7 Å². The molecule has 118 valence electrons. The Balaban J connectivity index is 2.96. The number of rotatable bonds is 6. The second kappa shape index (κ2) is 6.02. The summed E-state index contributed by atoms with van der Waals surface area (Å²) in [7, 11) is 0. The fraction of sp³-hybridized carbons (Fsp3) is 0.938. The van der Waals surface area contributed by atoms with Crippen molar-refractivity contribution in [1.82, 2.24) is 0 Å². The third kappa shape index (κ3) is 3.95. The van der Waals surface area contributed by atoms with Gasteiger partial charge in [0.1, 0.15) is 0 Å². The molecule has 1 heterocycles. The van der Waals surface area contributed by atoms with Crippen LogP contribution in [0, 0.1) is 10.8 Å². The summed E-state index contributed by atoms with van der Waals surface area (Å²) in [5, 5.41) is 0. The molecule has 3 atom stereocenters. The highest BCUT2D eigenvalue weighted by molar-refractivity contribution is 5.86. The summed E-state index contributed by atoms with van der Waals surface area (Å²) in [5.41, 5.74) is 13.3. The first kappa shape index (κ1) is 17.4. The molecule has 0 saturated carbocycles. The van der Waals surface area contributed by atoms with Crippen molar-refractivity contribution in [2.24, 2.45) is 22.3 Å². The molecule has 0 radical (unpaired) electrons. The molecule has 1 aliphatic rings. The highest BCUT2D eigenvalue weighted by atomic mass is 15.4. The minimum Gasteiger partial charge on any atom is -0.454 e. The van der Waals surface area contributed by atoms with Crippen molar-refractivity contribution >= 4 is 5.71 Å². The number of nitrogens with one attached hydrogen (secondary N) is 1. The van der Waals surface area contributed by atoms with Crippen LogP contribution in [0.15, 0.2) is 0 Å². The predicted octanol–water partition coefficient (Wildman–Crippen LogP) is 3.10. The monoisotopic (exact) mass is 282 g/mol. The Kier molecular flexibility index (Phi) is 5.25. The smallest absolute Gasteiger partial charge is 0.153 e. The normalized spacial score (nSPS) is 24.1. The van der Waals surface area contributed by atoms with Crippen molar-refractivity contribution < 1.29 is 4.68 Å². The minimum absolute atomic E-state index is 0.00901. The Bertz CT molecular complexity index is 367. The van der Waals surface area contributed by atoms with Crippen LogP contribution in [0.4, 0.5) is 0 Å². The summed E-state index contributed by atoms with van der Waals surface area (Å²) in [4.78, 5) is 0. The molecule has 0 fully saturated rings. The summed E-state index contributed by atoms with van der Waals surface area (Å²) in [6.45, 7) is 13.0. The van der Waals surface area contributed by atoms with Gasteiger partial charge in [0.25, 0.3) is 0 Å². The van der Waals surface area contributed by atoms with E-state index >= 15 is 0 Å². The standard InChI is InChI=1S/C16H34N4/c1-11(17)9-15(3,4)13-7-8-14(20(13)19)16(5,6)10-12(2)18/h11-13,19H,7-10,17-18H2,1-6H3. The molecule has 0 aromatic heterocycles. The summed E-state index contributed by atoms with van der Waals surface area (Å²) < 4.78 is 1.78. The van der Waals surface area contributed by atoms with Crippen molar-refractivity contribution in [2.75, 3.05) is 0 Å². The lowest BCUT2D eigenvalue weighted by atomic mass is 9.77. The lowest BCUT2D eigenvalue weighted by molar-refractivity contribution is -0.515. The van der Waals surface area contributed by atoms with Gasteiger partial charge in [0.05, 0.1) is 0 Å². The molecular formula is C16H34N4. The molecule has 20 heavy (non-hydrogen) atoms. The van der Waals surface area contributed by atoms with Gasteiger partial charge in [0, 0.05) is 35.8 Å². The molecular weight excluding hydrogens is 248 g/mol. The number of hydrogen-bond donors (Lipinski definition) is 2. The van der Waals surface area contributed by atoms with Gasteiger partial charge in [-0.05, 0) is 26.7 Å². The Morgan fingerprint density at radius 1 is 1.15 bits per heavy atom. The highest BCUT2D eigenvalue weighted by Gasteiger charge is 2.45. The zero-order valence-electron chi connectivity index (χ0n) is 14.2. The molecule has 0 aromatic rings. The quantitative estimate of drug-likeness (QED) is 0.734. The van der Waals surface area contributed by atoms with Crippen LogP contribution in [-0.4, -0.2) is 28.5 Å². The predicted molar refractivity (Wildman–Crippen MR) is 86.7 cm³/mol. The second-order valence-corrected chi connectivity index (χ2v) is 8.11. The lowest BCUT2D eigenvalue weighted by Gasteiger charge is -2.33. The van der Waals surface area contributed by atoms with Gasteiger partial charge in [-0.25, -0.2) is 0 Å². The van der Waals surface area contributed by atoms with Crippen LogP contribution in [0.25, 0.3) is 5.84 Å². The van der Waals surface area contributed by atoms with Crippen LogP contribution in [-0.2, 0) is 0 Å². The first-order valence-electron chi connectivity index (χ1n) is 7.85. The zero-order valence-corrected chi connectivity index (χ0v) is 14.2. The average Bonchev–Trinajstić information content (AvgIpc) is 2.56. The largest absolute Gasteiger partial charge is 0.454 e. The third-order valence-electron chi connectivity index (χ3n) is 4.62. The number of nitrogens with zero attached hydrogens (tertiary/aromatic N) is 1. The Labute approximate surface area is 124 Å². The van der Waals surface area contributed by atoms with Gasteiger partial charge >= 0.3 is 0 Å². The van der Waals surface area contributed by atoms with Crippen molar-refractivity contribution in [1.29, 1.82) is 0 Å². The Morgan fingerprint density at radius 3 is 2.10 bits per heavy atom. The lowest BCUT2D eigenvalue weighted by Crippen LogP contribution is -2.40. The molecule has 4 nitrogen and oxygen atoms in total. The van der Waals surface area contributed by atoms with E-state index in [-0.39, 0.29) is 29.0 Å². The van der Waals surface area contributed by atoms with E-state index in [1.54, 1.807) is 4.68 Å². The summed E-state index contributed by atoms with van der Waals surface area (Å²) in [6, 6.07) is 0.609. The number of hydrogen-bond acceptors (Lipinski definition) is 2. The maximum atomic E-state index is 8.56. The van der Waals surface area contributed by atoms with E-state index in [1.165, 1.54) is 5.71 Å². The maximum Gasteiger partial charge on any atom is 0.153 e. The van der Waals surface area contributed by atoms with Gasteiger partial charge in [-0.2, -0.15) is 0 Å². The topological polar surface area (TPSA) is 78.8 Å². The molecule has 0 spiro atoms. The van der Waals surface area contributed by atoms with Crippen molar-refractivity contribution in [3.63, 3.8) is 0 Å². The Morgan fingerprint density at radius 2 is 1.65 bits per heavy atom. The fourth-order valence-corrected chi connectivity index (χ4v) is 4.00. The first-order chi connectivity index (χ1) is 8.97. The molecule has 0 bridgehead atoms. The summed E-state index contributed by atoms with van der Waals surface area (Å²) in [5.74, 6) is 8.56. The average molecular weight is 282 g/mol. The Hall–Kier alpha value is -0.610. The highest BCUT2D eigenvalue weighted by Crippen LogP contribution is 2.39. The van der Waals surface area contributed by atoms with E-state index in [4.69, 9.17) is 17.3 Å². The van der Waals surface area contributed by atoms with Crippen molar-refractivity contribution in [2.45, 2.75) is 85.4 Å². The van der Waals surface area contributed by atoms with Crippen LogP contribution in [0.2, 0.25) is 0 Å². The van der Waals surface area contributed by atoms with Crippen LogP contribution in [0.1, 0.15) is 67.2 Å². The maximum absolute atomic E-state index is 8.56.